The molecule has 0 aromatic rings. The standard InChI is InChI=1S/C28H54O2/c1-7-13-19-25(20-14-8-2)26(27(29)30-24-18-12-6)28(21-15-9-3,22-16-10-4)23-17-11-5/h7-24H2,1-6H3. The van der Waals surface area contributed by atoms with Crippen molar-refractivity contribution in [2.75, 3.05) is 6.61 Å². The van der Waals surface area contributed by atoms with Crippen LogP contribution in [0.5, 0.6) is 0 Å². The molecule has 0 aliphatic heterocycles. The number of esters is 1. The van der Waals surface area contributed by atoms with Crippen molar-refractivity contribution < 1.29 is 9.53 Å². The van der Waals surface area contributed by atoms with Gasteiger partial charge in [0.2, 0.25) is 0 Å². The molecular formula is C28H54O2. The van der Waals surface area contributed by atoms with Crippen LogP contribution in [0.4, 0.5) is 0 Å². The fourth-order valence-electron chi connectivity index (χ4n) is 4.57. The number of carbonyl (C=O) groups excluding carboxylic acids is 1. The summed E-state index contributed by atoms with van der Waals surface area (Å²) in [6.45, 7) is 14.1. The second-order valence-electron chi connectivity index (χ2n) is 9.27. The van der Waals surface area contributed by atoms with E-state index in [1.807, 2.05) is 0 Å². The van der Waals surface area contributed by atoms with Crippen LogP contribution in [0.15, 0.2) is 11.1 Å². The molecule has 2 nitrogen and oxygen atoms in total. The summed E-state index contributed by atoms with van der Waals surface area (Å²) in [4.78, 5) is 13.6. The van der Waals surface area contributed by atoms with Gasteiger partial charge in [-0.15, -0.1) is 0 Å². The molecule has 0 bridgehead atoms. The Morgan fingerprint density at radius 1 is 0.600 bits per heavy atom. The Labute approximate surface area is 189 Å². The van der Waals surface area contributed by atoms with E-state index in [0.29, 0.717) is 6.61 Å². The van der Waals surface area contributed by atoms with Crippen LogP contribution in [0.3, 0.4) is 0 Å². The molecule has 0 saturated carbocycles. The van der Waals surface area contributed by atoms with Crippen LogP contribution in [-0.2, 0) is 9.53 Å². The molecule has 178 valence electrons. The maximum atomic E-state index is 13.6. The Kier molecular flexibility index (Phi) is 18.4. The number of hydrogen-bond acceptors (Lipinski definition) is 2. The third-order valence-corrected chi connectivity index (χ3v) is 6.51. The smallest absolute Gasteiger partial charge is 0.334 e. The zero-order valence-electron chi connectivity index (χ0n) is 21.5. The molecule has 0 radical (unpaired) electrons. The maximum Gasteiger partial charge on any atom is 0.334 e. The fourth-order valence-corrected chi connectivity index (χ4v) is 4.57. The van der Waals surface area contributed by atoms with Gasteiger partial charge in [-0.3, -0.25) is 0 Å². The molecule has 0 spiro atoms. The van der Waals surface area contributed by atoms with E-state index in [2.05, 4.69) is 41.5 Å². The second-order valence-corrected chi connectivity index (χ2v) is 9.27. The molecule has 2 heteroatoms. The summed E-state index contributed by atoms with van der Waals surface area (Å²) in [5.74, 6) is 0.0222. The number of allylic oxidation sites excluding steroid dienone is 1. The van der Waals surface area contributed by atoms with E-state index >= 15 is 0 Å². The highest BCUT2D eigenvalue weighted by molar-refractivity contribution is 5.91. The van der Waals surface area contributed by atoms with Gasteiger partial charge in [-0.25, -0.2) is 4.79 Å². The molecule has 0 rings (SSSR count). The van der Waals surface area contributed by atoms with E-state index in [1.165, 1.54) is 69.8 Å². The van der Waals surface area contributed by atoms with E-state index in [1.54, 1.807) is 0 Å². The van der Waals surface area contributed by atoms with Gasteiger partial charge >= 0.3 is 5.97 Å². The first-order chi connectivity index (χ1) is 14.6. The Morgan fingerprint density at radius 2 is 1.00 bits per heavy atom. The molecule has 0 aromatic heterocycles. The van der Waals surface area contributed by atoms with Crippen molar-refractivity contribution in [3.05, 3.63) is 11.1 Å². The SMILES string of the molecule is CCCCOC(=O)C(=C(CCCC)CCCC)C(CCCC)(CCCC)CCCC. The molecular weight excluding hydrogens is 368 g/mol. The second kappa shape index (κ2) is 18.9. The first-order valence-electron chi connectivity index (χ1n) is 13.5. The lowest BCUT2D eigenvalue weighted by molar-refractivity contribution is -0.141. The van der Waals surface area contributed by atoms with Crippen LogP contribution in [0.1, 0.15) is 151 Å². The van der Waals surface area contributed by atoms with E-state index in [4.69, 9.17) is 4.74 Å². The van der Waals surface area contributed by atoms with Gasteiger partial charge in [-0.05, 0) is 51.4 Å². The Morgan fingerprint density at radius 3 is 1.37 bits per heavy atom. The predicted octanol–water partition coefficient (Wildman–Crippen LogP) is 9.56. The third-order valence-electron chi connectivity index (χ3n) is 6.51. The van der Waals surface area contributed by atoms with Gasteiger partial charge in [0.25, 0.3) is 0 Å². The van der Waals surface area contributed by atoms with E-state index in [0.717, 1.165) is 50.5 Å². The number of hydrogen-bond donors (Lipinski definition) is 0. The Hall–Kier alpha value is -0.790. The summed E-state index contributed by atoms with van der Waals surface area (Å²) in [7, 11) is 0. The first kappa shape index (κ1) is 29.2. The van der Waals surface area contributed by atoms with Crippen molar-refractivity contribution in [3.8, 4) is 0 Å². The zero-order valence-corrected chi connectivity index (χ0v) is 21.5. The highest BCUT2D eigenvalue weighted by Crippen LogP contribution is 2.46. The van der Waals surface area contributed by atoms with Crippen LogP contribution in [0, 0.1) is 5.41 Å². The molecule has 30 heavy (non-hydrogen) atoms. The summed E-state index contributed by atoms with van der Waals surface area (Å²) < 4.78 is 5.93. The van der Waals surface area contributed by atoms with Gasteiger partial charge in [0.1, 0.15) is 0 Å². The van der Waals surface area contributed by atoms with Gasteiger partial charge in [0.05, 0.1) is 6.61 Å². The average Bonchev–Trinajstić information content (AvgIpc) is 2.76. The van der Waals surface area contributed by atoms with Gasteiger partial charge in [0, 0.05) is 11.0 Å². The minimum atomic E-state index is 0.0160. The monoisotopic (exact) mass is 422 g/mol. The van der Waals surface area contributed by atoms with Crippen molar-refractivity contribution >= 4 is 5.97 Å². The maximum absolute atomic E-state index is 13.6. The van der Waals surface area contributed by atoms with Crippen molar-refractivity contribution in [1.82, 2.24) is 0 Å². The molecule has 0 heterocycles. The van der Waals surface area contributed by atoms with Crippen LogP contribution in [0.25, 0.3) is 0 Å². The average molecular weight is 423 g/mol. The number of carbonyl (C=O) groups is 1. The minimum Gasteiger partial charge on any atom is -0.462 e. The normalized spacial score (nSPS) is 11.5. The van der Waals surface area contributed by atoms with Gasteiger partial charge in [-0.2, -0.15) is 0 Å². The lowest BCUT2D eigenvalue weighted by Gasteiger charge is -2.38. The summed E-state index contributed by atoms with van der Waals surface area (Å²) in [6, 6.07) is 0. The lowest BCUT2D eigenvalue weighted by atomic mass is 9.66. The minimum absolute atomic E-state index is 0.0160. The van der Waals surface area contributed by atoms with Crippen molar-refractivity contribution in [2.45, 2.75) is 151 Å². The molecule has 0 N–H and O–H groups in total. The molecule has 0 saturated heterocycles. The molecule has 0 aliphatic carbocycles. The molecule has 0 fully saturated rings. The van der Waals surface area contributed by atoms with Crippen LogP contribution in [0.2, 0.25) is 0 Å². The number of unbranched alkanes of at least 4 members (excludes halogenated alkanes) is 6. The van der Waals surface area contributed by atoms with Crippen molar-refractivity contribution in [1.29, 1.82) is 0 Å². The topological polar surface area (TPSA) is 26.3 Å². The lowest BCUT2D eigenvalue weighted by Crippen LogP contribution is -2.31. The summed E-state index contributed by atoms with van der Waals surface area (Å²) in [6.07, 6.45) is 19.5. The van der Waals surface area contributed by atoms with Crippen molar-refractivity contribution in [2.24, 2.45) is 5.41 Å². The van der Waals surface area contributed by atoms with Gasteiger partial charge < -0.3 is 4.74 Å². The molecule has 0 amide bonds. The quantitative estimate of drug-likeness (QED) is 0.111. The van der Waals surface area contributed by atoms with E-state index in [-0.39, 0.29) is 11.4 Å². The van der Waals surface area contributed by atoms with Gasteiger partial charge in [0.15, 0.2) is 0 Å². The zero-order chi connectivity index (χ0) is 22.7. The molecule has 0 atom stereocenters. The Balaban J connectivity index is 6.38. The number of ether oxygens (including phenoxy) is 1. The summed E-state index contributed by atoms with van der Waals surface area (Å²) in [5, 5.41) is 0. The molecule has 0 aromatic carbocycles. The third kappa shape index (κ3) is 11.0. The highest BCUT2D eigenvalue weighted by Gasteiger charge is 2.39. The predicted molar refractivity (Wildman–Crippen MR) is 133 cm³/mol. The van der Waals surface area contributed by atoms with E-state index < -0.39 is 0 Å². The van der Waals surface area contributed by atoms with Crippen molar-refractivity contribution in [3.63, 3.8) is 0 Å². The largest absolute Gasteiger partial charge is 0.462 e. The highest BCUT2D eigenvalue weighted by atomic mass is 16.5. The summed E-state index contributed by atoms with van der Waals surface area (Å²) in [5.41, 5.74) is 2.57. The van der Waals surface area contributed by atoms with Crippen LogP contribution < -0.4 is 0 Å². The summed E-state index contributed by atoms with van der Waals surface area (Å²) >= 11 is 0. The fraction of sp³-hybridized carbons (Fsp3) is 0.893. The Bertz CT molecular complexity index is 418. The first-order valence-corrected chi connectivity index (χ1v) is 13.5. The van der Waals surface area contributed by atoms with E-state index in [9.17, 15) is 4.79 Å². The molecule has 0 aliphatic rings. The molecule has 0 unspecified atom stereocenters. The van der Waals surface area contributed by atoms with Crippen LogP contribution in [-0.4, -0.2) is 12.6 Å². The van der Waals surface area contributed by atoms with Crippen LogP contribution >= 0.6 is 0 Å². The van der Waals surface area contributed by atoms with Gasteiger partial charge in [-0.1, -0.05) is 105 Å². The number of rotatable bonds is 20.